The van der Waals surface area contributed by atoms with E-state index < -0.39 is 0 Å². The molecule has 1 saturated heterocycles. The highest BCUT2D eigenvalue weighted by molar-refractivity contribution is 8.26. The van der Waals surface area contributed by atoms with Crippen LogP contribution in [0.4, 0.5) is 0 Å². The van der Waals surface area contributed by atoms with Gasteiger partial charge in [0.25, 0.3) is 5.91 Å². The molecule has 1 aliphatic rings. The molecule has 1 aromatic carbocycles. The molecule has 1 fully saturated rings. The minimum atomic E-state index is -0.0317. The van der Waals surface area contributed by atoms with Gasteiger partial charge in [0.05, 0.1) is 16.1 Å². The van der Waals surface area contributed by atoms with Crippen molar-refractivity contribution in [2.24, 2.45) is 0 Å². The van der Waals surface area contributed by atoms with Gasteiger partial charge in [-0.05, 0) is 45.0 Å². The molecule has 1 aromatic heterocycles. The van der Waals surface area contributed by atoms with Crippen LogP contribution in [0.5, 0.6) is 0 Å². The monoisotopic (exact) mass is 328 g/mol. The number of hydrogen-bond acceptors (Lipinski definition) is 4. The molecule has 112 valence electrons. The van der Waals surface area contributed by atoms with Crippen molar-refractivity contribution in [1.82, 2.24) is 9.88 Å². The quantitative estimate of drug-likeness (QED) is 0.612. The Labute approximate surface area is 139 Å². The maximum Gasteiger partial charge on any atom is 0.266 e. The number of aryl methyl sites for hydroxylation is 1. The normalized spacial score (nSPS) is 17.3. The second-order valence-corrected chi connectivity index (χ2v) is 7.25. The van der Waals surface area contributed by atoms with Crippen molar-refractivity contribution < 1.29 is 4.79 Å². The highest BCUT2D eigenvalue weighted by atomic mass is 32.2. The summed E-state index contributed by atoms with van der Waals surface area (Å²) in [4.78, 5) is 19.3. The zero-order chi connectivity index (χ0) is 15.9. The fourth-order valence-corrected chi connectivity index (χ4v) is 3.91. The summed E-state index contributed by atoms with van der Waals surface area (Å²) in [6.45, 7) is 5.99. The summed E-state index contributed by atoms with van der Waals surface area (Å²) < 4.78 is 0.614. The van der Waals surface area contributed by atoms with Crippen LogP contribution in [0.1, 0.15) is 25.1 Å². The predicted octanol–water partition coefficient (Wildman–Crippen LogP) is 4.15. The molecule has 0 radical (unpaired) electrons. The number of rotatable bonds is 2. The second-order valence-electron chi connectivity index (χ2n) is 5.58. The van der Waals surface area contributed by atoms with E-state index in [0.29, 0.717) is 9.23 Å². The van der Waals surface area contributed by atoms with E-state index >= 15 is 0 Å². The summed E-state index contributed by atoms with van der Waals surface area (Å²) in [7, 11) is 0. The van der Waals surface area contributed by atoms with E-state index in [-0.39, 0.29) is 11.9 Å². The Balaban J connectivity index is 1.97. The summed E-state index contributed by atoms with van der Waals surface area (Å²) in [5.41, 5.74) is 2.92. The molecule has 3 nitrogen and oxygen atoms in total. The highest BCUT2D eigenvalue weighted by Gasteiger charge is 2.33. The predicted molar refractivity (Wildman–Crippen MR) is 96.6 cm³/mol. The van der Waals surface area contributed by atoms with E-state index in [1.807, 2.05) is 44.2 Å². The maximum atomic E-state index is 12.4. The lowest BCUT2D eigenvalue weighted by Crippen LogP contribution is -2.34. The lowest BCUT2D eigenvalue weighted by Gasteiger charge is -2.18. The van der Waals surface area contributed by atoms with E-state index in [0.717, 1.165) is 16.6 Å². The van der Waals surface area contributed by atoms with Gasteiger partial charge in [0, 0.05) is 11.4 Å². The number of carbonyl (C=O) groups is 1. The molecule has 0 spiro atoms. The first-order valence-electron chi connectivity index (χ1n) is 7.10. The molecular weight excluding hydrogens is 312 g/mol. The summed E-state index contributed by atoms with van der Waals surface area (Å²) >= 11 is 6.63. The van der Waals surface area contributed by atoms with Crippen LogP contribution in [0.3, 0.4) is 0 Å². The summed E-state index contributed by atoms with van der Waals surface area (Å²) in [5.74, 6) is -0.0317. The molecule has 3 rings (SSSR count). The number of hydrogen-bond donors (Lipinski definition) is 0. The van der Waals surface area contributed by atoms with Crippen molar-refractivity contribution in [2.45, 2.75) is 26.8 Å². The van der Waals surface area contributed by atoms with Gasteiger partial charge in [0.1, 0.15) is 4.32 Å². The molecule has 0 bridgehead atoms. The molecule has 0 unspecified atom stereocenters. The molecule has 0 N–H and O–H groups in total. The van der Waals surface area contributed by atoms with Gasteiger partial charge < -0.3 is 0 Å². The van der Waals surface area contributed by atoms with Gasteiger partial charge in [0.2, 0.25) is 0 Å². The van der Waals surface area contributed by atoms with Gasteiger partial charge in [-0.15, -0.1) is 0 Å². The molecule has 1 amide bonds. The third-order valence-corrected chi connectivity index (χ3v) is 4.82. The van der Waals surface area contributed by atoms with E-state index in [4.69, 9.17) is 12.2 Å². The number of fused-ring (bicyclic) bond motifs is 1. The Bertz CT molecular complexity index is 811. The van der Waals surface area contributed by atoms with Crippen LogP contribution in [0, 0.1) is 6.92 Å². The first kappa shape index (κ1) is 15.2. The van der Waals surface area contributed by atoms with Crippen LogP contribution in [0.15, 0.2) is 35.2 Å². The Morgan fingerprint density at radius 2 is 2.05 bits per heavy atom. The minimum absolute atomic E-state index is 0.0317. The Hall–Kier alpha value is -1.72. The van der Waals surface area contributed by atoms with Gasteiger partial charge in [-0.1, -0.05) is 41.7 Å². The topological polar surface area (TPSA) is 33.2 Å². The Kier molecular flexibility index (Phi) is 4.02. The first-order chi connectivity index (χ1) is 10.5. The molecule has 1 aliphatic heterocycles. The first-order valence-corrected chi connectivity index (χ1v) is 8.32. The maximum absolute atomic E-state index is 12.4. The van der Waals surface area contributed by atoms with Crippen molar-refractivity contribution in [1.29, 1.82) is 0 Å². The molecular formula is C17H16N2OS2. The average molecular weight is 328 g/mol. The molecule has 0 atom stereocenters. The van der Waals surface area contributed by atoms with E-state index in [2.05, 4.69) is 18.0 Å². The van der Waals surface area contributed by atoms with Crippen molar-refractivity contribution >= 4 is 51.2 Å². The lowest BCUT2D eigenvalue weighted by atomic mass is 10.1. The number of benzene rings is 1. The molecule has 5 heteroatoms. The second kappa shape index (κ2) is 5.82. The SMILES string of the molecule is Cc1ccc2nc(/C=C3\SC(=S)N(C(C)C)C3=O)ccc2c1. The lowest BCUT2D eigenvalue weighted by molar-refractivity contribution is -0.123. The van der Waals surface area contributed by atoms with Crippen LogP contribution in [0.2, 0.25) is 0 Å². The Morgan fingerprint density at radius 3 is 2.73 bits per heavy atom. The van der Waals surface area contributed by atoms with Crippen molar-refractivity contribution in [2.75, 3.05) is 0 Å². The van der Waals surface area contributed by atoms with Crippen LogP contribution in [-0.2, 0) is 4.79 Å². The third-order valence-electron chi connectivity index (χ3n) is 3.49. The third kappa shape index (κ3) is 2.78. The molecule has 2 aromatic rings. The summed E-state index contributed by atoms with van der Waals surface area (Å²) in [6.07, 6.45) is 1.82. The highest BCUT2D eigenvalue weighted by Crippen LogP contribution is 2.33. The van der Waals surface area contributed by atoms with Crippen LogP contribution in [-0.4, -0.2) is 26.2 Å². The van der Waals surface area contributed by atoms with Gasteiger partial charge in [-0.3, -0.25) is 9.69 Å². The molecule has 2 heterocycles. The summed E-state index contributed by atoms with van der Waals surface area (Å²) in [6, 6.07) is 10.2. The van der Waals surface area contributed by atoms with Gasteiger partial charge in [-0.25, -0.2) is 4.98 Å². The van der Waals surface area contributed by atoms with Crippen molar-refractivity contribution in [3.63, 3.8) is 0 Å². The van der Waals surface area contributed by atoms with Gasteiger partial charge in [-0.2, -0.15) is 0 Å². The number of thioether (sulfide) groups is 1. The van der Waals surface area contributed by atoms with Crippen molar-refractivity contribution in [3.05, 3.63) is 46.5 Å². The number of pyridine rings is 1. The number of carbonyl (C=O) groups excluding carboxylic acids is 1. The van der Waals surface area contributed by atoms with E-state index in [1.165, 1.54) is 17.3 Å². The molecule has 0 saturated carbocycles. The smallest absolute Gasteiger partial charge is 0.266 e. The fraction of sp³-hybridized carbons (Fsp3) is 0.235. The average Bonchev–Trinajstić information content (AvgIpc) is 2.73. The van der Waals surface area contributed by atoms with Crippen molar-refractivity contribution in [3.8, 4) is 0 Å². The van der Waals surface area contributed by atoms with E-state index in [1.54, 1.807) is 4.90 Å². The molecule has 22 heavy (non-hydrogen) atoms. The minimum Gasteiger partial charge on any atom is -0.290 e. The number of nitrogens with zero attached hydrogens (tertiary/aromatic N) is 2. The van der Waals surface area contributed by atoms with Crippen LogP contribution in [0.25, 0.3) is 17.0 Å². The molecule has 0 aliphatic carbocycles. The zero-order valence-electron chi connectivity index (χ0n) is 12.7. The number of aromatic nitrogens is 1. The van der Waals surface area contributed by atoms with E-state index in [9.17, 15) is 4.79 Å². The van der Waals surface area contributed by atoms with Gasteiger partial charge in [0.15, 0.2) is 0 Å². The van der Waals surface area contributed by atoms with Crippen LogP contribution >= 0.6 is 24.0 Å². The van der Waals surface area contributed by atoms with Crippen LogP contribution < -0.4 is 0 Å². The zero-order valence-corrected chi connectivity index (χ0v) is 14.3. The largest absolute Gasteiger partial charge is 0.290 e. The Morgan fingerprint density at radius 1 is 1.27 bits per heavy atom. The number of amides is 1. The van der Waals surface area contributed by atoms with Gasteiger partial charge >= 0.3 is 0 Å². The fourth-order valence-electron chi connectivity index (χ4n) is 2.40. The number of thiocarbonyl (C=S) groups is 1. The summed E-state index contributed by atoms with van der Waals surface area (Å²) in [5, 5.41) is 1.10. The standard InChI is InChI=1S/C17H16N2OS2/c1-10(2)19-16(20)15(22-17(19)21)9-13-6-5-12-8-11(3)4-7-14(12)18-13/h4-10H,1-3H3/b15-9-.